The van der Waals surface area contributed by atoms with E-state index in [1.807, 2.05) is 6.92 Å². The number of Topliss-reactive ketones (excluding diaryl/α,β-unsaturated/α-hetero) is 1. The van der Waals surface area contributed by atoms with Gasteiger partial charge in [-0.05, 0) is 43.6 Å². The lowest BCUT2D eigenvalue weighted by atomic mass is 9.68. The molecule has 0 amide bonds. The molecule has 0 heterocycles. The predicted octanol–water partition coefficient (Wildman–Crippen LogP) is 3.64. The van der Waals surface area contributed by atoms with Crippen LogP contribution in [0.5, 0.6) is 0 Å². The van der Waals surface area contributed by atoms with Crippen LogP contribution in [0.15, 0.2) is 11.1 Å². The van der Waals surface area contributed by atoms with E-state index < -0.39 is 0 Å². The van der Waals surface area contributed by atoms with Crippen molar-refractivity contribution < 1.29 is 4.79 Å². The second-order valence-corrected chi connectivity index (χ2v) is 5.15. The number of allylic oxidation sites excluding steroid dienone is 2. The molecule has 0 saturated heterocycles. The molecule has 78 valence electrons. The van der Waals surface area contributed by atoms with Crippen LogP contribution in [0.25, 0.3) is 0 Å². The third-order valence-corrected chi connectivity index (χ3v) is 4.16. The summed E-state index contributed by atoms with van der Waals surface area (Å²) < 4.78 is 0. The number of hydrogen-bond donors (Lipinski definition) is 0. The van der Waals surface area contributed by atoms with Crippen molar-refractivity contribution in [2.45, 2.75) is 58.8 Å². The average Bonchev–Trinajstić information content (AvgIpc) is 2.35. The number of fused-ring (bicyclic) bond motifs is 1. The van der Waals surface area contributed by atoms with E-state index in [0.717, 1.165) is 18.4 Å². The molecule has 1 nitrogen and oxygen atoms in total. The van der Waals surface area contributed by atoms with Crippen LogP contribution in [-0.4, -0.2) is 5.78 Å². The second-order valence-electron chi connectivity index (χ2n) is 5.15. The van der Waals surface area contributed by atoms with Crippen LogP contribution in [0.2, 0.25) is 0 Å². The Balaban J connectivity index is 2.39. The van der Waals surface area contributed by atoms with E-state index in [9.17, 15) is 4.79 Å². The zero-order valence-electron chi connectivity index (χ0n) is 9.36. The number of carbonyl (C=O) groups excluding carboxylic acids is 1. The largest absolute Gasteiger partial charge is 0.295 e. The topological polar surface area (TPSA) is 17.1 Å². The standard InChI is InChI=1S/C13H20O/c1-10-11-6-4-3-5-8-13(11,2)9-7-12(10)14/h3-9H2,1-2H3. The summed E-state index contributed by atoms with van der Waals surface area (Å²) >= 11 is 0. The third kappa shape index (κ3) is 1.53. The van der Waals surface area contributed by atoms with Crippen LogP contribution in [0.3, 0.4) is 0 Å². The Morgan fingerprint density at radius 2 is 1.86 bits per heavy atom. The normalized spacial score (nSPS) is 34.0. The molecule has 0 radical (unpaired) electrons. The van der Waals surface area contributed by atoms with E-state index in [2.05, 4.69) is 6.92 Å². The summed E-state index contributed by atoms with van der Waals surface area (Å²) in [5.41, 5.74) is 2.96. The Kier molecular flexibility index (Phi) is 2.50. The lowest BCUT2D eigenvalue weighted by molar-refractivity contribution is -0.116. The van der Waals surface area contributed by atoms with Gasteiger partial charge >= 0.3 is 0 Å². The van der Waals surface area contributed by atoms with E-state index in [4.69, 9.17) is 0 Å². The molecular formula is C13H20O. The van der Waals surface area contributed by atoms with Gasteiger partial charge in [0, 0.05) is 6.42 Å². The van der Waals surface area contributed by atoms with Gasteiger partial charge in [-0.1, -0.05) is 25.3 Å². The van der Waals surface area contributed by atoms with Gasteiger partial charge in [0.2, 0.25) is 0 Å². The molecule has 1 unspecified atom stereocenters. The number of ketones is 1. The van der Waals surface area contributed by atoms with Crippen molar-refractivity contribution in [3.05, 3.63) is 11.1 Å². The Bertz CT molecular complexity index is 288. The van der Waals surface area contributed by atoms with Crippen LogP contribution >= 0.6 is 0 Å². The Morgan fingerprint density at radius 1 is 1.07 bits per heavy atom. The minimum Gasteiger partial charge on any atom is -0.295 e. The molecule has 2 rings (SSSR count). The molecule has 14 heavy (non-hydrogen) atoms. The summed E-state index contributed by atoms with van der Waals surface area (Å²) in [7, 11) is 0. The number of hydrogen-bond acceptors (Lipinski definition) is 1. The first-order valence-corrected chi connectivity index (χ1v) is 5.87. The predicted molar refractivity (Wildman–Crippen MR) is 58.1 cm³/mol. The van der Waals surface area contributed by atoms with Gasteiger partial charge in [-0.15, -0.1) is 0 Å². The highest BCUT2D eigenvalue weighted by molar-refractivity contribution is 5.96. The van der Waals surface area contributed by atoms with Gasteiger partial charge in [0.25, 0.3) is 0 Å². The first kappa shape index (κ1) is 9.95. The second kappa shape index (κ2) is 3.52. The zero-order chi connectivity index (χ0) is 10.2. The highest BCUT2D eigenvalue weighted by atomic mass is 16.1. The summed E-state index contributed by atoms with van der Waals surface area (Å²) in [6, 6.07) is 0. The molecule has 2 aliphatic rings. The van der Waals surface area contributed by atoms with Crippen molar-refractivity contribution in [1.82, 2.24) is 0 Å². The molecule has 1 atom stereocenters. The van der Waals surface area contributed by atoms with Gasteiger partial charge in [0.1, 0.15) is 0 Å². The third-order valence-electron chi connectivity index (χ3n) is 4.16. The van der Waals surface area contributed by atoms with Crippen LogP contribution in [0, 0.1) is 5.41 Å². The molecule has 0 N–H and O–H groups in total. The lowest BCUT2D eigenvalue weighted by Gasteiger charge is -2.36. The fourth-order valence-corrected chi connectivity index (χ4v) is 3.11. The van der Waals surface area contributed by atoms with Gasteiger partial charge in [-0.25, -0.2) is 0 Å². The molecule has 0 aromatic rings. The summed E-state index contributed by atoms with van der Waals surface area (Å²) in [5, 5.41) is 0. The lowest BCUT2D eigenvalue weighted by Crippen LogP contribution is -2.27. The van der Waals surface area contributed by atoms with Crippen molar-refractivity contribution in [2.75, 3.05) is 0 Å². The van der Waals surface area contributed by atoms with E-state index >= 15 is 0 Å². The van der Waals surface area contributed by atoms with Crippen molar-refractivity contribution in [3.63, 3.8) is 0 Å². The van der Waals surface area contributed by atoms with E-state index in [0.29, 0.717) is 11.2 Å². The number of rotatable bonds is 0. The molecule has 2 aliphatic carbocycles. The first-order valence-electron chi connectivity index (χ1n) is 5.87. The van der Waals surface area contributed by atoms with Gasteiger partial charge in [-0.3, -0.25) is 4.79 Å². The highest BCUT2D eigenvalue weighted by Crippen LogP contribution is 2.47. The van der Waals surface area contributed by atoms with E-state index in [1.54, 1.807) is 0 Å². The highest BCUT2D eigenvalue weighted by Gasteiger charge is 2.36. The van der Waals surface area contributed by atoms with E-state index in [1.165, 1.54) is 37.7 Å². The molecule has 0 aromatic carbocycles. The average molecular weight is 192 g/mol. The van der Waals surface area contributed by atoms with Crippen molar-refractivity contribution in [2.24, 2.45) is 5.41 Å². The molecule has 1 saturated carbocycles. The van der Waals surface area contributed by atoms with Gasteiger partial charge in [-0.2, -0.15) is 0 Å². The summed E-state index contributed by atoms with van der Waals surface area (Å²) in [6.07, 6.45) is 8.34. The van der Waals surface area contributed by atoms with Crippen molar-refractivity contribution >= 4 is 5.78 Å². The maximum Gasteiger partial charge on any atom is 0.158 e. The van der Waals surface area contributed by atoms with Crippen molar-refractivity contribution in [1.29, 1.82) is 0 Å². The summed E-state index contributed by atoms with van der Waals surface area (Å²) in [5.74, 6) is 0.402. The quantitative estimate of drug-likeness (QED) is 0.572. The van der Waals surface area contributed by atoms with Crippen LogP contribution in [0.4, 0.5) is 0 Å². The smallest absolute Gasteiger partial charge is 0.158 e. The van der Waals surface area contributed by atoms with Gasteiger partial charge < -0.3 is 0 Å². The maximum atomic E-state index is 11.6. The zero-order valence-corrected chi connectivity index (χ0v) is 9.36. The van der Waals surface area contributed by atoms with Crippen LogP contribution < -0.4 is 0 Å². The van der Waals surface area contributed by atoms with Crippen LogP contribution in [0.1, 0.15) is 58.8 Å². The molecular weight excluding hydrogens is 172 g/mol. The minimum absolute atomic E-state index is 0.370. The maximum absolute atomic E-state index is 11.6. The molecule has 0 bridgehead atoms. The van der Waals surface area contributed by atoms with Gasteiger partial charge in [0.15, 0.2) is 5.78 Å². The summed E-state index contributed by atoms with van der Waals surface area (Å²) in [4.78, 5) is 11.6. The fourth-order valence-electron chi connectivity index (χ4n) is 3.11. The molecule has 0 aliphatic heterocycles. The Hall–Kier alpha value is -0.590. The SMILES string of the molecule is CC1=C2CCCCCC2(C)CCC1=O. The molecule has 1 fully saturated rings. The monoisotopic (exact) mass is 192 g/mol. The Morgan fingerprint density at radius 3 is 2.64 bits per heavy atom. The molecule has 0 aromatic heterocycles. The van der Waals surface area contributed by atoms with E-state index in [-0.39, 0.29) is 0 Å². The summed E-state index contributed by atoms with van der Waals surface area (Å²) in [6.45, 7) is 4.41. The number of carbonyl (C=O) groups is 1. The molecule has 1 heteroatoms. The Labute approximate surface area is 86.6 Å². The fraction of sp³-hybridized carbons (Fsp3) is 0.769. The minimum atomic E-state index is 0.370. The van der Waals surface area contributed by atoms with Crippen LogP contribution in [-0.2, 0) is 4.79 Å². The first-order chi connectivity index (χ1) is 6.63. The molecule has 0 spiro atoms. The van der Waals surface area contributed by atoms with Gasteiger partial charge in [0.05, 0.1) is 0 Å². The van der Waals surface area contributed by atoms with Crippen molar-refractivity contribution in [3.8, 4) is 0 Å².